The minimum absolute atomic E-state index is 0.185. The minimum Gasteiger partial charge on any atom is -0.465 e. The Morgan fingerprint density at radius 2 is 0.875 bits per heavy atom. The number of carbonyl (C=O) groups excluding carboxylic acids is 4. The molecular formula is C32H22N2O6. The Morgan fingerprint density at radius 1 is 0.525 bits per heavy atom. The van der Waals surface area contributed by atoms with Crippen molar-refractivity contribution in [2.45, 2.75) is 0 Å². The van der Waals surface area contributed by atoms with E-state index in [0.717, 1.165) is 0 Å². The van der Waals surface area contributed by atoms with Gasteiger partial charge in [0.2, 0.25) is 11.6 Å². The third kappa shape index (κ3) is 3.77. The fraction of sp³-hybridized carbons (Fsp3) is 0.0625. The SMILES string of the molecule is COC(=O)c1ccc(N2/C(=C3/C(=O)c4ccccc4N3c3ccc(C(=O)OC)cc3)C(=O)c3ccccc32)cc1. The summed E-state index contributed by atoms with van der Waals surface area (Å²) in [4.78, 5) is 55.6. The molecule has 0 N–H and O–H groups in total. The van der Waals surface area contributed by atoms with Crippen LogP contribution in [0, 0.1) is 0 Å². The highest BCUT2D eigenvalue weighted by Gasteiger charge is 2.43. The van der Waals surface area contributed by atoms with Crippen molar-refractivity contribution in [1.29, 1.82) is 0 Å². The molecular weight excluding hydrogens is 508 g/mol. The third-order valence-corrected chi connectivity index (χ3v) is 6.97. The third-order valence-electron chi connectivity index (χ3n) is 6.97. The van der Waals surface area contributed by atoms with Crippen LogP contribution in [-0.2, 0) is 9.47 Å². The Balaban J connectivity index is 1.58. The average Bonchev–Trinajstić information content (AvgIpc) is 3.46. The number of anilines is 4. The fourth-order valence-corrected chi connectivity index (χ4v) is 5.11. The lowest BCUT2D eigenvalue weighted by molar-refractivity contribution is 0.0592. The first kappa shape index (κ1) is 24.8. The van der Waals surface area contributed by atoms with Crippen molar-refractivity contribution in [3.8, 4) is 0 Å². The number of esters is 2. The van der Waals surface area contributed by atoms with E-state index in [9.17, 15) is 19.2 Å². The summed E-state index contributed by atoms with van der Waals surface area (Å²) in [5.41, 5.74) is 4.41. The van der Waals surface area contributed by atoms with Crippen molar-refractivity contribution in [1.82, 2.24) is 0 Å². The Bertz CT molecular complexity index is 1610. The van der Waals surface area contributed by atoms with Gasteiger partial charge in [0.15, 0.2) is 0 Å². The van der Waals surface area contributed by atoms with Crippen molar-refractivity contribution in [2.24, 2.45) is 0 Å². The van der Waals surface area contributed by atoms with E-state index in [1.54, 1.807) is 82.6 Å². The van der Waals surface area contributed by atoms with Gasteiger partial charge in [0, 0.05) is 22.5 Å². The molecule has 0 spiro atoms. The van der Waals surface area contributed by atoms with Gasteiger partial charge in [-0.15, -0.1) is 0 Å². The van der Waals surface area contributed by atoms with Gasteiger partial charge in [-0.25, -0.2) is 9.59 Å². The predicted molar refractivity (Wildman–Crippen MR) is 148 cm³/mol. The van der Waals surface area contributed by atoms with E-state index in [1.165, 1.54) is 14.2 Å². The van der Waals surface area contributed by atoms with Gasteiger partial charge in [-0.05, 0) is 72.8 Å². The molecule has 0 fully saturated rings. The van der Waals surface area contributed by atoms with E-state index in [2.05, 4.69) is 0 Å². The van der Waals surface area contributed by atoms with E-state index in [4.69, 9.17) is 9.47 Å². The van der Waals surface area contributed by atoms with Crippen molar-refractivity contribution < 1.29 is 28.7 Å². The number of rotatable bonds is 4. The molecule has 0 amide bonds. The first-order valence-electron chi connectivity index (χ1n) is 12.4. The number of hydrogen-bond donors (Lipinski definition) is 0. The van der Waals surface area contributed by atoms with Crippen LogP contribution in [0.2, 0.25) is 0 Å². The van der Waals surface area contributed by atoms with Crippen LogP contribution < -0.4 is 9.80 Å². The number of hydrogen-bond acceptors (Lipinski definition) is 8. The minimum atomic E-state index is -0.481. The van der Waals surface area contributed by atoms with Crippen LogP contribution in [0.25, 0.3) is 0 Å². The lowest BCUT2D eigenvalue weighted by Crippen LogP contribution is -2.25. The summed E-state index contributed by atoms with van der Waals surface area (Å²) < 4.78 is 9.65. The van der Waals surface area contributed by atoms with Gasteiger partial charge in [-0.2, -0.15) is 0 Å². The number of carbonyl (C=O) groups is 4. The van der Waals surface area contributed by atoms with Crippen LogP contribution in [0.15, 0.2) is 108 Å². The molecule has 4 aromatic rings. The van der Waals surface area contributed by atoms with Crippen molar-refractivity contribution >= 4 is 46.3 Å². The first-order chi connectivity index (χ1) is 19.4. The molecule has 2 heterocycles. The quantitative estimate of drug-likeness (QED) is 0.240. The van der Waals surface area contributed by atoms with Crippen LogP contribution in [0.3, 0.4) is 0 Å². The average molecular weight is 531 g/mol. The Labute approximate surface area is 229 Å². The molecule has 4 aromatic carbocycles. The number of ether oxygens (including phenoxy) is 2. The Kier molecular flexibility index (Phi) is 6.00. The molecule has 0 radical (unpaired) electrons. The number of nitrogens with zero attached hydrogens (tertiary/aromatic N) is 2. The van der Waals surface area contributed by atoms with Gasteiger partial charge in [0.25, 0.3) is 0 Å². The molecule has 0 aliphatic carbocycles. The molecule has 2 aliphatic heterocycles. The van der Waals surface area contributed by atoms with Gasteiger partial charge < -0.3 is 19.3 Å². The summed E-state index contributed by atoms with van der Waals surface area (Å²) >= 11 is 0. The van der Waals surface area contributed by atoms with E-state index < -0.39 is 11.9 Å². The normalized spacial score (nSPS) is 15.7. The molecule has 6 rings (SSSR count). The number of benzene rings is 4. The zero-order chi connectivity index (χ0) is 28.0. The fourth-order valence-electron chi connectivity index (χ4n) is 5.11. The highest BCUT2D eigenvalue weighted by Crippen LogP contribution is 2.48. The molecule has 2 aliphatic rings. The molecule has 0 atom stereocenters. The number of fused-ring (bicyclic) bond motifs is 2. The molecule has 8 nitrogen and oxygen atoms in total. The number of ketones is 2. The van der Waals surface area contributed by atoms with Crippen molar-refractivity contribution in [3.05, 3.63) is 131 Å². The summed E-state index contributed by atoms with van der Waals surface area (Å²) in [6, 6.07) is 27.6. The van der Waals surface area contributed by atoms with Crippen LogP contribution in [0.1, 0.15) is 41.4 Å². The first-order valence-corrected chi connectivity index (χ1v) is 12.4. The second-order valence-electron chi connectivity index (χ2n) is 9.14. The lowest BCUT2D eigenvalue weighted by Gasteiger charge is -2.27. The second kappa shape index (κ2) is 9.67. The van der Waals surface area contributed by atoms with Crippen LogP contribution in [-0.4, -0.2) is 37.7 Å². The Hall–Kier alpha value is -5.50. The smallest absolute Gasteiger partial charge is 0.337 e. The monoisotopic (exact) mass is 530 g/mol. The number of allylic oxidation sites excluding steroid dienone is 2. The molecule has 40 heavy (non-hydrogen) atoms. The molecule has 0 unspecified atom stereocenters. The highest BCUT2D eigenvalue weighted by molar-refractivity contribution is 6.30. The van der Waals surface area contributed by atoms with Gasteiger partial charge in [0.05, 0.1) is 36.7 Å². The van der Waals surface area contributed by atoms with Crippen molar-refractivity contribution in [3.63, 3.8) is 0 Å². The Morgan fingerprint density at radius 3 is 1.23 bits per heavy atom. The highest BCUT2D eigenvalue weighted by atomic mass is 16.5. The largest absolute Gasteiger partial charge is 0.465 e. The summed E-state index contributed by atoms with van der Waals surface area (Å²) in [5, 5.41) is 0. The van der Waals surface area contributed by atoms with E-state index in [1.807, 2.05) is 24.3 Å². The summed E-state index contributed by atoms with van der Waals surface area (Å²) in [5.74, 6) is -1.57. The van der Waals surface area contributed by atoms with Crippen LogP contribution in [0.4, 0.5) is 22.7 Å². The standard InChI is InChI=1S/C32H22N2O6/c1-39-31(37)19-11-15-21(16-12-19)33-25-9-5-3-7-23(25)29(35)27(33)28-30(36)24-8-4-6-10-26(24)34(28)22-17-13-20(14-18-22)32(38)40-2/h3-18H,1-2H3/b28-27-. The zero-order valence-electron chi connectivity index (χ0n) is 21.6. The number of methoxy groups -OCH3 is 2. The van der Waals surface area contributed by atoms with Gasteiger partial charge in [-0.1, -0.05) is 24.3 Å². The van der Waals surface area contributed by atoms with E-state index in [0.29, 0.717) is 45.0 Å². The number of para-hydroxylation sites is 2. The second-order valence-corrected chi connectivity index (χ2v) is 9.14. The molecule has 8 heteroatoms. The predicted octanol–water partition coefficient (Wildman–Crippen LogP) is 5.84. The van der Waals surface area contributed by atoms with Crippen molar-refractivity contribution in [2.75, 3.05) is 24.0 Å². The molecule has 0 saturated heterocycles. The van der Waals surface area contributed by atoms with Gasteiger partial charge in [0.1, 0.15) is 11.4 Å². The molecule has 0 saturated carbocycles. The van der Waals surface area contributed by atoms with Gasteiger partial charge >= 0.3 is 11.9 Å². The maximum absolute atomic E-state index is 14.0. The van der Waals surface area contributed by atoms with Crippen LogP contribution in [0.5, 0.6) is 0 Å². The van der Waals surface area contributed by atoms with E-state index in [-0.39, 0.29) is 23.0 Å². The van der Waals surface area contributed by atoms with E-state index >= 15 is 0 Å². The maximum Gasteiger partial charge on any atom is 0.337 e. The zero-order valence-corrected chi connectivity index (χ0v) is 21.6. The summed E-state index contributed by atoms with van der Waals surface area (Å²) in [6.07, 6.45) is 0. The molecule has 0 bridgehead atoms. The summed E-state index contributed by atoms with van der Waals surface area (Å²) in [6.45, 7) is 0. The summed E-state index contributed by atoms with van der Waals surface area (Å²) in [7, 11) is 2.62. The maximum atomic E-state index is 14.0. The topological polar surface area (TPSA) is 93.2 Å². The molecule has 0 aromatic heterocycles. The lowest BCUT2D eigenvalue weighted by atomic mass is 10.1. The number of Topliss-reactive ketones (excluding diaryl/α,β-unsaturated/α-hetero) is 2. The van der Waals surface area contributed by atoms with Gasteiger partial charge in [-0.3, -0.25) is 9.59 Å². The molecule has 196 valence electrons. The van der Waals surface area contributed by atoms with Crippen LogP contribution >= 0.6 is 0 Å².